The number of likely N-dealkylation sites (tertiary alicyclic amines) is 1. The van der Waals surface area contributed by atoms with Crippen LogP contribution in [0.3, 0.4) is 0 Å². The molecular weight excluding hydrogens is 308 g/mol. The summed E-state index contributed by atoms with van der Waals surface area (Å²) in [6.45, 7) is 0.677. The van der Waals surface area contributed by atoms with E-state index in [0.29, 0.717) is 30.2 Å². The molecule has 0 radical (unpaired) electrons. The minimum absolute atomic E-state index is 0.0141. The van der Waals surface area contributed by atoms with Crippen LogP contribution in [-0.4, -0.2) is 35.7 Å². The molecule has 2 aromatic rings. The van der Waals surface area contributed by atoms with Crippen LogP contribution in [-0.2, 0) is 0 Å². The van der Waals surface area contributed by atoms with Crippen LogP contribution < -0.4 is 10.1 Å². The number of benzene rings is 1. The highest BCUT2D eigenvalue weighted by molar-refractivity contribution is 5.91. The van der Waals surface area contributed by atoms with Crippen LogP contribution in [0.1, 0.15) is 31.1 Å². The zero-order valence-corrected chi connectivity index (χ0v) is 13.6. The van der Waals surface area contributed by atoms with E-state index in [2.05, 4.69) is 5.32 Å². The van der Waals surface area contributed by atoms with Crippen molar-refractivity contribution in [2.45, 2.75) is 31.4 Å². The predicted molar refractivity (Wildman–Crippen MR) is 90.0 cm³/mol. The summed E-state index contributed by atoms with van der Waals surface area (Å²) >= 11 is 0. The van der Waals surface area contributed by atoms with Gasteiger partial charge in [0.15, 0.2) is 0 Å². The van der Waals surface area contributed by atoms with Crippen LogP contribution in [0.2, 0.25) is 0 Å². The first-order chi connectivity index (χ1) is 11.7. The quantitative estimate of drug-likeness (QED) is 0.881. The minimum atomic E-state index is -0.704. The van der Waals surface area contributed by atoms with E-state index in [1.165, 1.54) is 0 Å². The number of urea groups is 1. The van der Waals surface area contributed by atoms with Crippen LogP contribution in [0.4, 0.5) is 10.5 Å². The molecule has 1 aromatic carbocycles. The highest BCUT2D eigenvalue weighted by atomic mass is 16.5. The maximum Gasteiger partial charge on any atom is 0.322 e. The molecule has 0 saturated carbocycles. The summed E-state index contributed by atoms with van der Waals surface area (Å²) < 4.78 is 10.5. The molecule has 2 N–H and O–H groups in total. The highest BCUT2D eigenvalue weighted by Gasteiger charge is 2.31. The maximum absolute atomic E-state index is 12.6. The summed E-state index contributed by atoms with van der Waals surface area (Å²) in [5.41, 5.74) is 0.641. The number of nitrogens with one attached hydrogen (secondary N) is 1. The second-order valence-corrected chi connectivity index (χ2v) is 5.89. The summed E-state index contributed by atoms with van der Waals surface area (Å²) in [4.78, 5) is 14.4. The first kappa shape index (κ1) is 16.4. The number of aliphatic hydroxyl groups excluding tert-OH is 1. The van der Waals surface area contributed by atoms with Gasteiger partial charge in [0, 0.05) is 19.0 Å². The number of amides is 2. The van der Waals surface area contributed by atoms with Gasteiger partial charge in [-0.1, -0.05) is 12.1 Å². The summed E-state index contributed by atoms with van der Waals surface area (Å²) in [5, 5.41) is 13.2. The van der Waals surface area contributed by atoms with E-state index in [1.54, 1.807) is 42.5 Å². The van der Waals surface area contributed by atoms with Crippen molar-refractivity contribution in [1.29, 1.82) is 0 Å². The van der Waals surface area contributed by atoms with Crippen LogP contribution in [0, 0.1) is 0 Å². The predicted octanol–water partition coefficient (Wildman–Crippen LogP) is 3.41. The van der Waals surface area contributed by atoms with Crippen molar-refractivity contribution >= 4 is 11.7 Å². The van der Waals surface area contributed by atoms with Crippen molar-refractivity contribution in [1.82, 2.24) is 4.90 Å². The van der Waals surface area contributed by atoms with Crippen LogP contribution in [0.15, 0.2) is 47.1 Å². The van der Waals surface area contributed by atoms with Crippen molar-refractivity contribution in [3.63, 3.8) is 0 Å². The SMILES string of the molecule is COc1ccccc1NC(=O)N1CCC[C@@H]1C[C@@H](O)c1ccco1. The Morgan fingerprint density at radius 3 is 3.00 bits per heavy atom. The molecule has 1 fully saturated rings. The van der Waals surface area contributed by atoms with E-state index in [0.717, 1.165) is 12.8 Å². The van der Waals surface area contributed by atoms with Crippen molar-refractivity contribution < 1.29 is 19.1 Å². The lowest BCUT2D eigenvalue weighted by Crippen LogP contribution is -2.39. The number of nitrogens with zero attached hydrogens (tertiary/aromatic N) is 1. The molecule has 2 atom stereocenters. The zero-order chi connectivity index (χ0) is 16.9. The number of methoxy groups -OCH3 is 1. The molecule has 1 aromatic heterocycles. The molecule has 3 rings (SSSR count). The molecule has 6 nitrogen and oxygen atoms in total. The third kappa shape index (κ3) is 3.54. The summed E-state index contributed by atoms with van der Waals surface area (Å²) in [6, 6.07) is 10.6. The number of ether oxygens (including phenoxy) is 1. The first-order valence-corrected chi connectivity index (χ1v) is 8.11. The molecule has 2 amide bonds. The molecule has 24 heavy (non-hydrogen) atoms. The van der Waals surface area contributed by atoms with E-state index in [1.807, 2.05) is 12.1 Å². The topological polar surface area (TPSA) is 74.9 Å². The Bertz CT molecular complexity index is 671. The second-order valence-electron chi connectivity index (χ2n) is 5.89. The van der Waals surface area contributed by atoms with E-state index >= 15 is 0 Å². The van der Waals surface area contributed by atoms with E-state index in [-0.39, 0.29) is 12.1 Å². The lowest BCUT2D eigenvalue weighted by Gasteiger charge is -2.26. The molecule has 1 aliphatic heterocycles. The first-order valence-electron chi connectivity index (χ1n) is 8.11. The van der Waals surface area contributed by atoms with Gasteiger partial charge in [0.05, 0.1) is 19.1 Å². The second kappa shape index (κ2) is 7.40. The third-order valence-electron chi connectivity index (χ3n) is 4.35. The average molecular weight is 330 g/mol. The average Bonchev–Trinajstić information content (AvgIpc) is 3.27. The Morgan fingerprint density at radius 2 is 2.25 bits per heavy atom. The maximum atomic E-state index is 12.6. The highest BCUT2D eigenvalue weighted by Crippen LogP contribution is 2.29. The molecular formula is C18H22N2O4. The minimum Gasteiger partial charge on any atom is -0.495 e. The molecule has 128 valence electrons. The molecule has 2 heterocycles. The van der Waals surface area contributed by atoms with Crippen LogP contribution >= 0.6 is 0 Å². The molecule has 0 spiro atoms. The van der Waals surface area contributed by atoms with Gasteiger partial charge in [-0.25, -0.2) is 4.79 Å². The summed E-state index contributed by atoms with van der Waals surface area (Å²) in [7, 11) is 1.57. The third-order valence-corrected chi connectivity index (χ3v) is 4.35. The van der Waals surface area contributed by atoms with E-state index in [9.17, 15) is 9.90 Å². The lowest BCUT2D eigenvalue weighted by molar-refractivity contribution is 0.110. The fourth-order valence-corrected chi connectivity index (χ4v) is 3.14. The molecule has 0 bridgehead atoms. The van der Waals surface area contributed by atoms with E-state index < -0.39 is 6.10 Å². The van der Waals surface area contributed by atoms with Crippen molar-refractivity contribution in [2.75, 3.05) is 19.0 Å². The van der Waals surface area contributed by atoms with Crippen LogP contribution in [0.5, 0.6) is 5.75 Å². The number of aliphatic hydroxyl groups is 1. The summed E-state index contributed by atoms with van der Waals surface area (Å²) in [6.07, 6.45) is 3.10. The zero-order valence-electron chi connectivity index (χ0n) is 13.6. The Labute approximate surface area is 141 Å². The number of carbonyl (C=O) groups is 1. The molecule has 1 aliphatic rings. The molecule has 6 heteroatoms. The fourth-order valence-electron chi connectivity index (χ4n) is 3.14. The molecule has 0 unspecified atom stereocenters. The Kier molecular flexibility index (Phi) is 5.05. The number of hydrogen-bond acceptors (Lipinski definition) is 4. The molecule has 0 aliphatic carbocycles. The summed E-state index contributed by atoms with van der Waals surface area (Å²) in [5.74, 6) is 1.16. The smallest absolute Gasteiger partial charge is 0.322 e. The van der Waals surface area contributed by atoms with Gasteiger partial charge in [-0.05, 0) is 37.1 Å². The Balaban J connectivity index is 1.65. The monoisotopic (exact) mass is 330 g/mol. The number of rotatable bonds is 5. The van der Waals surface area contributed by atoms with Gasteiger partial charge in [-0.2, -0.15) is 0 Å². The largest absolute Gasteiger partial charge is 0.495 e. The van der Waals surface area contributed by atoms with Gasteiger partial charge < -0.3 is 24.5 Å². The van der Waals surface area contributed by atoms with Crippen LogP contribution in [0.25, 0.3) is 0 Å². The number of anilines is 1. The lowest BCUT2D eigenvalue weighted by atomic mass is 10.1. The van der Waals surface area contributed by atoms with Crippen molar-refractivity contribution in [2.24, 2.45) is 0 Å². The van der Waals surface area contributed by atoms with Gasteiger partial charge >= 0.3 is 6.03 Å². The van der Waals surface area contributed by atoms with Crippen molar-refractivity contribution in [3.05, 3.63) is 48.4 Å². The van der Waals surface area contributed by atoms with Gasteiger partial charge in [0.25, 0.3) is 0 Å². The normalized spacial score (nSPS) is 18.4. The Hall–Kier alpha value is -2.47. The van der Waals surface area contributed by atoms with Gasteiger partial charge in [-0.15, -0.1) is 0 Å². The van der Waals surface area contributed by atoms with Gasteiger partial charge in [-0.3, -0.25) is 0 Å². The number of para-hydroxylation sites is 2. The number of carbonyl (C=O) groups excluding carboxylic acids is 1. The number of furan rings is 1. The van der Waals surface area contributed by atoms with Gasteiger partial charge in [0.2, 0.25) is 0 Å². The molecule has 1 saturated heterocycles. The van der Waals surface area contributed by atoms with Crippen molar-refractivity contribution in [3.8, 4) is 5.75 Å². The van der Waals surface area contributed by atoms with Gasteiger partial charge in [0.1, 0.15) is 17.6 Å². The van der Waals surface area contributed by atoms with E-state index in [4.69, 9.17) is 9.15 Å². The standard InChI is InChI=1S/C18H22N2O4/c1-23-16-8-3-2-7-14(16)19-18(22)20-10-4-6-13(20)12-15(21)17-9-5-11-24-17/h2-3,5,7-9,11,13,15,21H,4,6,10,12H2,1H3,(H,19,22)/t13-,15-/m1/s1. The fraction of sp³-hybridized carbons (Fsp3) is 0.389. The Morgan fingerprint density at radius 1 is 1.42 bits per heavy atom. The number of hydrogen-bond donors (Lipinski definition) is 2.